The molecule has 21 heavy (non-hydrogen) atoms. The van der Waals surface area contributed by atoms with Gasteiger partial charge in [0, 0.05) is 6.61 Å². The molecule has 0 aromatic carbocycles. The van der Waals surface area contributed by atoms with E-state index in [1.54, 1.807) is 10.6 Å². The van der Waals surface area contributed by atoms with Gasteiger partial charge < -0.3 is 9.84 Å². The van der Waals surface area contributed by atoms with E-state index in [1.165, 1.54) is 11.3 Å². The van der Waals surface area contributed by atoms with E-state index in [4.69, 9.17) is 9.84 Å². The Kier molecular flexibility index (Phi) is 4.27. The van der Waals surface area contributed by atoms with Gasteiger partial charge in [0.15, 0.2) is 5.16 Å². The molecule has 3 heterocycles. The van der Waals surface area contributed by atoms with Crippen molar-refractivity contribution in [2.24, 2.45) is 0 Å². The van der Waals surface area contributed by atoms with Gasteiger partial charge in [-0.2, -0.15) is 0 Å². The normalized spacial score (nSPS) is 18.4. The van der Waals surface area contributed by atoms with E-state index in [-0.39, 0.29) is 17.4 Å². The third-order valence-corrected chi connectivity index (χ3v) is 5.12. The number of thioether (sulfide) groups is 1. The lowest BCUT2D eigenvalue weighted by Crippen LogP contribution is -2.28. The zero-order chi connectivity index (χ0) is 14.8. The number of carboxylic acid groups (broad SMARTS) is 1. The number of ether oxygens (including phenoxy) is 1. The van der Waals surface area contributed by atoms with Gasteiger partial charge in [0.05, 0.1) is 23.9 Å². The van der Waals surface area contributed by atoms with E-state index in [2.05, 4.69) is 4.98 Å². The highest BCUT2D eigenvalue weighted by Gasteiger charge is 2.20. The van der Waals surface area contributed by atoms with Crippen LogP contribution in [-0.2, 0) is 16.1 Å². The number of aliphatic carboxylic acids is 1. The molecule has 0 saturated carbocycles. The van der Waals surface area contributed by atoms with E-state index in [0.717, 1.165) is 24.6 Å². The molecule has 8 heteroatoms. The van der Waals surface area contributed by atoms with Gasteiger partial charge in [-0.15, -0.1) is 11.3 Å². The van der Waals surface area contributed by atoms with Crippen molar-refractivity contribution in [3.63, 3.8) is 0 Å². The van der Waals surface area contributed by atoms with Crippen molar-refractivity contribution in [2.75, 3.05) is 12.4 Å². The van der Waals surface area contributed by atoms with Gasteiger partial charge >= 0.3 is 5.97 Å². The molecule has 0 aliphatic carbocycles. The van der Waals surface area contributed by atoms with Crippen LogP contribution in [0.4, 0.5) is 0 Å². The molecule has 1 fully saturated rings. The Bertz CT molecular complexity index is 719. The minimum Gasteiger partial charge on any atom is -0.481 e. The number of nitrogens with zero attached hydrogens (tertiary/aromatic N) is 2. The molecule has 1 aliphatic heterocycles. The number of rotatable bonds is 5. The first-order chi connectivity index (χ1) is 10.1. The number of thiophene rings is 1. The first-order valence-corrected chi connectivity index (χ1v) is 8.46. The lowest BCUT2D eigenvalue weighted by atomic mass is 10.2. The van der Waals surface area contributed by atoms with Crippen molar-refractivity contribution in [1.29, 1.82) is 0 Å². The lowest BCUT2D eigenvalue weighted by molar-refractivity contribution is -0.133. The van der Waals surface area contributed by atoms with Crippen molar-refractivity contribution < 1.29 is 14.6 Å². The topological polar surface area (TPSA) is 81.4 Å². The van der Waals surface area contributed by atoms with Crippen molar-refractivity contribution in [2.45, 2.75) is 30.6 Å². The van der Waals surface area contributed by atoms with Gasteiger partial charge in [0.2, 0.25) is 0 Å². The summed E-state index contributed by atoms with van der Waals surface area (Å²) < 4.78 is 7.74. The highest BCUT2D eigenvalue weighted by Crippen LogP contribution is 2.22. The fraction of sp³-hybridized carbons (Fsp3) is 0.462. The Morgan fingerprint density at radius 2 is 2.48 bits per heavy atom. The van der Waals surface area contributed by atoms with Gasteiger partial charge in [-0.05, 0) is 24.3 Å². The smallest absolute Gasteiger partial charge is 0.313 e. The molecular weight excluding hydrogens is 312 g/mol. The fourth-order valence-corrected chi connectivity index (χ4v) is 3.82. The van der Waals surface area contributed by atoms with Gasteiger partial charge in [0.25, 0.3) is 5.56 Å². The number of carboxylic acids is 1. The molecule has 0 radical (unpaired) electrons. The van der Waals surface area contributed by atoms with Crippen LogP contribution in [0.25, 0.3) is 10.2 Å². The largest absolute Gasteiger partial charge is 0.481 e. The maximum atomic E-state index is 12.6. The van der Waals surface area contributed by atoms with Crippen LogP contribution in [0, 0.1) is 0 Å². The molecule has 0 spiro atoms. The van der Waals surface area contributed by atoms with E-state index in [9.17, 15) is 9.59 Å². The summed E-state index contributed by atoms with van der Waals surface area (Å²) in [6, 6.07) is 1.78. The first kappa shape index (κ1) is 14.6. The quantitative estimate of drug-likeness (QED) is 0.667. The minimum absolute atomic E-state index is 0.00564. The highest BCUT2D eigenvalue weighted by atomic mass is 32.2. The molecular formula is C13H14N2O4S2. The summed E-state index contributed by atoms with van der Waals surface area (Å²) in [7, 11) is 0. The van der Waals surface area contributed by atoms with Crippen LogP contribution in [0.2, 0.25) is 0 Å². The predicted molar refractivity (Wildman–Crippen MR) is 81.2 cm³/mol. The molecule has 0 bridgehead atoms. The first-order valence-electron chi connectivity index (χ1n) is 6.59. The Hall–Kier alpha value is -1.38. The summed E-state index contributed by atoms with van der Waals surface area (Å²) in [5.74, 6) is -1.04. The highest BCUT2D eigenvalue weighted by molar-refractivity contribution is 7.99. The van der Waals surface area contributed by atoms with Crippen molar-refractivity contribution in [3.05, 3.63) is 21.8 Å². The maximum absolute atomic E-state index is 12.6. The third kappa shape index (κ3) is 3.12. The summed E-state index contributed by atoms with van der Waals surface area (Å²) in [4.78, 5) is 27.8. The summed E-state index contributed by atoms with van der Waals surface area (Å²) in [5, 5.41) is 11.1. The average molecular weight is 326 g/mol. The number of hydrogen-bond donors (Lipinski definition) is 1. The molecule has 1 saturated heterocycles. The Morgan fingerprint density at radius 1 is 1.62 bits per heavy atom. The van der Waals surface area contributed by atoms with Crippen LogP contribution < -0.4 is 5.56 Å². The molecule has 6 nitrogen and oxygen atoms in total. The molecule has 112 valence electrons. The molecule has 1 atom stereocenters. The van der Waals surface area contributed by atoms with Crippen LogP contribution >= 0.6 is 23.1 Å². The van der Waals surface area contributed by atoms with Crippen molar-refractivity contribution >= 4 is 39.3 Å². The van der Waals surface area contributed by atoms with Crippen molar-refractivity contribution in [3.8, 4) is 0 Å². The standard InChI is InChI=1S/C13H14N2O4S2/c16-10(17)7-21-13-14-9-3-5-20-11(9)12(18)15(13)6-8-2-1-4-19-8/h3,5,8H,1-2,4,6-7H2,(H,16,17). The van der Waals surface area contributed by atoms with Crippen LogP contribution in [0.15, 0.2) is 21.4 Å². The zero-order valence-corrected chi connectivity index (χ0v) is 12.8. The molecule has 1 unspecified atom stereocenters. The SMILES string of the molecule is O=C(O)CSc1nc2ccsc2c(=O)n1CC1CCCO1. The maximum Gasteiger partial charge on any atom is 0.313 e. The van der Waals surface area contributed by atoms with Gasteiger partial charge in [-0.25, -0.2) is 4.98 Å². The second-order valence-electron chi connectivity index (χ2n) is 4.76. The minimum atomic E-state index is -0.927. The molecule has 2 aromatic rings. The summed E-state index contributed by atoms with van der Waals surface area (Å²) in [5.41, 5.74) is 0.514. The fourth-order valence-electron chi connectivity index (χ4n) is 2.31. The van der Waals surface area contributed by atoms with Crippen LogP contribution in [-0.4, -0.2) is 39.1 Å². The number of aromatic nitrogens is 2. The summed E-state index contributed by atoms with van der Waals surface area (Å²) in [6.07, 6.45) is 1.91. The second kappa shape index (κ2) is 6.17. The van der Waals surface area contributed by atoms with Crippen LogP contribution in [0.1, 0.15) is 12.8 Å². The molecule has 1 N–H and O–H groups in total. The van der Waals surface area contributed by atoms with Crippen molar-refractivity contribution in [1.82, 2.24) is 9.55 Å². The van der Waals surface area contributed by atoms with Gasteiger partial charge in [0.1, 0.15) is 4.70 Å². The summed E-state index contributed by atoms with van der Waals surface area (Å²) in [6.45, 7) is 1.15. The van der Waals surface area contributed by atoms with E-state index < -0.39 is 5.97 Å². The molecule has 3 rings (SSSR count). The zero-order valence-electron chi connectivity index (χ0n) is 11.2. The van der Waals surface area contributed by atoms with Gasteiger partial charge in [-0.3, -0.25) is 14.2 Å². The Balaban J connectivity index is 1.99. The molecule has 2 aromatic heterocycles. The Morgan fingerprint density at radius 3 is 3.19 bits per heavy atom. The van der Waals surface area contributed by atoms with Gasteiger partial charge in [-0.1, -0.05) is 11.8 Å². The van der Waals surface area contributed by atoms with E-state index >= 15 is 0 Å². The molecule has 1 aliphatic rings. The third-order valence-electron chi connectivity index (χ3n) is 3.27. The molecule has 0 amide bonds. The monoisotopic (exact) mass is 326 g/mol. The van der Waals surface area contributed by atoms with E-state index in [1.807, 2.05) is 5.38 Å². The number of fused-ring (bicyclic) bond motifs is 1. The number of hydrogen-bond acceptors (Lipinski definition) is 6. The average Bonchev–Trinajstić information content (AvgIpc) is 3.11. The van der Waals surface area contributed by atoms with Crippen LogP contribution in [0.5, 0.6) is 0 Å². The second-order valence-corrected chi connectivity index (χ2v) is 6.62. The summed E-state index contributed by atoms with van der Waals surface area (Å²) >= 11 is 2.43. The number of carbonyl (C=O) groups is 1. The predicted octanol–water partition coefficient (Wildman–Crippen LogP) is 1.81. The van der Waals surface area contributed by atoms with E-state index in [0.29, 0.717) is 28.5 Å². The lowest BCUT2D eigenvalue weighted by Gasteiger charge is -2.15. The van der Waals surface area contributed by atoms with Crippen LogP contribution in [0.3, 0.4) is 0 Å². The Labute approximate surface area is 128 Å².